The summed E-state index contributed by atoms with van der Waals surface area (Å²) in [7, 11) is 2.93. The van der Waals surface area contributed by atoms with Crippen molar-refractivity contribution < 1.29 is 34.1 Å². The molecule has 0 bridgehead atoms. The number of ketones is 1. The predicted molar refractivity (Wildman–Crippen MR) is 124 cm³/mol. The van der Waals surface area contributed by atoms with E-state index in [-0.39, 0.29) is 22.6 Å². The van der Waals surface area contributed by atoms with Crippen LogP contribution in [0.4, 0.5) is 5.69 Å². The highest BCUT2D eigenvalue weighted by Gasteiger charge is 2.48. The number of aliphatic hydroxyl groups is 1. The van der Waals surface area contributed by atoms with E-state index in [1.165, 1.54) is 43.4 Å². The van der Waals surface area contributed by atoms with Crippen molar-refractivity contribution in [1.82, 2.24) is 0 Å². The monoisotopic (exact) mass is 459 g/mol. The standard InChI is InChI=1S/C26H21NO7/c1-33-18-11-12-19(20(14-18)34-2)22-21(23(28)15-7-4-3-5-8-15)24(29)25(30)27(22)17-10-6-9-16(13-17)26(31)32/h3-14,22,28H,1-2H3,(H,31,32)/t22-/m0/s1. The smallest absolute Gasteiger partial charge is 0.335 e. The van der Waals surface area contributed by atoms with E-state index in [9.17, 15) is 24.6 Å². The van der Waals surface area contributed by atoms with Gasteiger partial charge in [0.05, 0.1) is 31.4 Å². The molecule has 1 heterocycles. The Kier molecular flexibility index (Phi) is 6.05. The van der Waals surface area contributed by atoms with Crippen molar-refractivity contribution in [2.75, 3.05) is 19.1 Å². The van der Waals surface area contributed by atoms with E-state index in [0.717, 1.165) is 0 Å². The topological polar surface area (TPSA) is 113 Å². The van der Waals surface area contributed by atoms with Crippen LogP contribution in [-0.4, -0.2) is 42.1 Å². The number of carbonyl (C=O) groups is 3. The lowest BCUT2D eigenvalue weighted by Gasteiger charge is -2.27. The average molecular weight is 459 g/mol. The summed E-state index contributed by atoms with van der Waals surface area (Å²) in [6.45, 7) is 0. The zero-order chi connectivity index (χ0) is 24.4. The normalized spacial score (nSPS) is 17.0. The van der Waals surface area contributed by atoms with Crippen LogP contribution in [0.5, 0.6) is 11.5 Å². The molecule has 3 aromatic carbocycles. The summed E-state index contributed by atoms with van der Waals surface area (Å²) in [5.74, 6) is -2.51. The second-order valence-electron chi connectivity index (χ2n) is 7.50. The molecule has 1 saturated heterocycles. The van der Waals surface area contributed by atoms with Crippen LogP contribution in [0.1, 0.15) is 27.5 Å². The Labute approximate surface area is 195 Å². The molecule has 0 saturated carbocycles. The first-order valence-corrected chi connectivity index (χ1v) is 10.3. The molecule has 8 heteroatoms. The molecule has 2 N–H and O–H groups in total. The summed E-state index contributed by atoms with van der Waals surface area (Å²) in [6, 6.07) is 17.9. The number of benzene rings is 3. The molecule has 1 fully saturated rings. The molecule has 0 radical (unpaired) electrons. The van der Waals surface area contributed by atoms with Gasteiger partial charge in [0.15, 0.2) is 0 Å². The fourth-order valence-corrected chi connectivity index (χ4v) is 3.98. The van der Waals surface area contributed by atoms with Gasteiger partial charge in [-0.05, 0) is 30.3 Å². The van der Waals surface area contributed by atoms with Gasteiger partial charge in [-0.2, -0.15) is 0 Å². The molecule has 1 aliphatic heterocycles. The summed E-state index contributed by atoms with van der Waals surface area (Å²) in [5, 5.41) is 20.6. The Bertz CT molecular complexity index is 1310. The molecule has 1 atom stereocenters. The van der Waals surface area contributed by atoms with E-state index in [1.54, 1.807) is 48.5 Å². The summed E-state index contributed by atoms with van der Waals surface area (Å²) >= 11 is 0. The van der Waals surface area contributed by atoms with Crippen LogP contribution in [0.3, 0.4) is 0 Å². The molecule has 0 spiro atoms. The molecule has 34 heavy (non-hydrogen) atoms. The first-order chi connectivity index (χ1) is 16.4. The van der Waals surface area contributed by atoms with Gasteiger partial charge in [-0.25, -0.2) is 4.79 Å². The lowest BCUT2D eigenvalue weighted by Crippen LogP contribution is -2.29. The highest BCUT2D eigenvalue weighted by Crippen LogP contribution is 2.45. The largest absolute Gasteiger partial charge is 0.507 e. The zero-order valence-electron chi connectivity index (χ0n) is 18.4. The van der Waals surface area contributed by atoms with Gasteiger partial charge in [-0.15, -0.1) is 0 Å². The van der Waals surface area contributed by atoms with Crippen LogP contribution in [0.2, 0.25) is 0 Å². The van der Waals surface area contributed by atoms with Gasteiger partial charge in [-0.3, -0.25) is 14.5 Å². The summed E-state index contributed by atoms with van der Waals surface area (Å²) < 4.78 is 10.8. The van der Waals surface area contributed by atoms with Gasteiger partial charge in [-0.1, -0.05) is 36.4 Å². The molecule has 0 aliphatic carbocycles. The maximum Gasteiger partial charge on any atom is 0.335 e. The lowest BCUT2D eigenvalue weighted by molar-refractivity contribution is -0.132. The number of carbonyl (C=O) groups excluding carboxylic acids is 2. The van der Waals surface area contributed by atoms with Crippen LogP contribution in [-0.2, 0) is 9.59 Å². The summed E-state index contributed by atoms with van der Waals surface area (Å²) in [4.78, 5) is 39.2. The van der Waals surface area contributed by atoms with Crippen LogP contribution in [0, 0.1) is 0 Å². The number of hydrogen-bond acceptors (Lipinski definition) is 6. The number of rotatable bonds is 6. The number of hydrogen-bond donors (Lipinski definition) is 2. The molecule has 0 unspecified atom stereocenters. The quantitative estimate of drug-likeness (QED) is 0.325. The van der Waals surface area contributed by atoms with Gasteiger partial charge >= 0.3 is 5.97 Å². The molecular formula is C26H21NO7. The van der Waals surface area contributed by atoms with E-state index in [0.29, 0.717) is 22.6 Å². The first-order valence-electron chi connectivity index (χ1n) is 10.3. The van der Waals surface area contributed by atoms with Gasteiger partial charge in [0, 0.05) is 22.9 Å². The maximum absolute atomic E-state index is 13.3. The van der Waals surface area contributed by atoms with Gasteiger partial charge in [0.25, 0.3) is 11.7 Å². The third-order valence-corrected chi connectivity index (χ3v) is 5.60. The first kappa shape index (κ1) is 22.6. The number of Topliss-reactive ketones (excluding diaryl/α,β-unsaturated/α-hetero) is 1. The number of anilines is 1. The number of ether oxygens (including phenoxy) is 2. The molecule has 1 aliphatic rings. The average Bonchev–Trinajstić information content (AvgIpc) is 3.13. The highest BCUT2D eigenvalue weighted by atomic mass is 16.5. The van der Waals surface area contributed by atoms with E-state index >= 15 is 0 Å². The van der Waals surface area contributed by atoms with E-state index in [4.69, 9.17) is 9.47 Å². The molecule has 8 nitrogen and oxygen atoms in total. The van der Waals surface area contributed by atoms with Crippen LogP contribution in [0.25, 0.3) is 5.76 Å². The Hall–Kier alpha value is -4.59. The Morgan fingerprint density at radius 3 is 2.21 bits per heavy atom. The second kappa shape index (κ2) is 9.11. The number of nitrogens with zero attached hydrogens (tertiary/aromatic N) is 1. The predicted octanol–water partition coefficient (Wildman–Crippen LogP) is 4.03. The highest BCUT2D eigenvalue weighted by molar-refractivity contribution is 6.51. The number of carboxylic acids is 1. The van der Waals surface area contributed by atoms with Crippen LogP contribution < -0.4 is 14.4 Å². The van der Waals surface area contributed by atoms with Gasteiger partial charge < -0.3 is 19.7 Å². The maximum atomic E-state index is 13.3. The van der Waals surface area contributed by atoms with Crippen molar-refractivity contribution in [2.24, 2.45) is 0 Å². The minimum atomic E-state index is -1.18. The molecule has 0 aromatic heterocycles. The Morgan fingerprint density at radius 2 is 1.56 bits per heavy atom. The molecular weight excluding hydrogens is 438 g/mol. The third kappa shape index (κ3) is 3.86. The molecule has 4 rings (SSSR count). The minimum absolute atomic E-state index is 0.0529. The Balaban J connectivity index is 2.00. The van der Waals surface area contributed by atoms with Gasteiger partial charge in [0.1, 0.15) is 17.3 Å². The lowest BCUT2D eigenvalue weighted by atomic mass is 9.94. The van der Waals surface area contributed by atoms with Crippen LogP contribution >= 0.6 is 0 Å². The summed E-state index contributed by atoms with van der Waals surface area (Å²) in [5.41, 5.74) is 0.776. The van der Waals surface area contributed by atoms with E-state index in [1.807, 2.05) is 0 Å². The zero-order valence-corrected chi connectivity index (χ0v) is 18.4. The van der Waals surface area contributed by atoms with Crippen molar-refractivity contribution in [2.45, 2.75) is 6.04 Å². The number of amides is 1. The number of methoxy groups -OCH3 is 2. The van der Waals surface area contributed by atoms with Crippen LogP contribution in [0.15, 0.2) is 78.4 Å². The molecule has 3 aromatic rings. The fourth-order valence-electron chi connectivity index (χ4n) is 3.98. The third-order valence-electron chi connectivity index (χ3n) is 5.60. The van der Waals surface area contributed by atoms with Crippen molar-refractivity contribution in [1.29, 1.82) is 0 Å². The van der Waals surface area contributed by atoms with Crippen molar-refractivity contribution in [3.63, 3.8) is 0 Å². The van der Waals surface area contributed by atoms with Crippen molar-refractivity contribution >= 4 is 29.1 Å². The SMILES string of the molecule is COc1ccc([C@H]2C(=C(O)c3ccccc3)C(=O)C(=O)N2c2cccc(C(=O)O)c2)c(OC)c1. The minimum Gasteiger partial charge on any atom is -0.507 e. The number of aliphatic hydroxyl groups excluding tert-OH is 1. The van der Waals surface area contributed by atoms with E-state index < -0.39 is 23.7 Å². The fraction of sp³-hybridized carbons (Fsp3) is 0.115. The Morgan fingerprint density at radius 1 is 0.853 bits per heavy atom. The second-order valence-corrected chi connectivity index (χ2v) is 7.50. The van der Waals surface area contributed by atoms with E-state index in [2.05, 4.69) is 0 Å². The summed E-state index contributed by atoms with van der Waals surface area (Å²) in [6.07, 6.45) is 0. The van der Waals surface area contributed by atoms with Gasteiger partial charge in [0.2, 0.25) is 0 Å². The number of carboxylic acid groups (broad SMARTS) is 1. The number of aromatic carboxylic acids is 1. The van der Waals surface area contributed by atoms with Crippen molar-refractivity contribution in [3.8, 4) is 11.5 Å². The molecule has 1 amide bonds. The molecule has 172 valence electrons. The van der Waals surface area contributed by atoms with Crippen molar-refractivity contribution in [3.05, 3.63) is 95.1 Å².